The van der Waals surface area contributed by atoms with Crippen molar-refractivity contribution < 1.29 is 4.79 Å². The maximum absolute atomic E-state index is 12.4. The van der Waals surface area contributed by atoms with Gasteiger partial charge < -0.3 is 14.8 Å². The number of fused-ring (bicyclic) bond motifs is 1. The van der Waals surface area contributed by atoms with E-state index in [0.29, 0.717) is 18.4 Å². The molecule has 0 saturated carbocycles. The van der Waals surface area contributed by atoms with Gasteiger partial charge in [0.15, 0.2) is 0 Å². The fourth-order valence-electron chi connectivity index (χ4n) is 3.35. The van der Waals surface area contributed by atoms with Crippen LogP contribution >= 0.6 is 0 Å². The van der Waals surface area contributed by atoms with Crippen molar-refractivity contribution in [2.24, 2.45) is 5.92 Å². The number of nitrogens with zero attached hydrogens (tertiary/aromatic N) is 3. The lowest BCUT2D eigenvalue weighted by atomic mass is 10.1. The molecule has 124 valence electrons. The van der Waals surface area contributed by atoms with E-state index in [0.717, 1.165) is 36.5 Å². The third kappa shape index (κ3) is 3.55. The molecule has 1 aromatic carbocycles. The number of imidazole rings is 1. The summed E-state index contributed by atoms with van der Waals surface area (Å²) in [6.07, 6.45) is 1.17. The second-order valence-corrected chi connectivity index (χ2v) is 6.92. The molecule has 23 heavy (non-hydrogen) atoms. The van der Waals surface area contributed by atoms with Gasteiger partial charge in [0.25, 0.3) is 0 Å². The highest BCUT2D eigenvalue weighted by Gasteiger charge is 2.20. The SMILES string of the molecule is CC(C)c1nc2ccccc2n1CC(=O)NCC1CCN(C)C1. The molecule has 0 bridgehead atoms. The number of carbonyl (C=O) groups excluding carboxylic acids is 1. The molecule has 3 rings (SSSR count). The number of amides is 1. The van der Waals surface area contributed by atoms with Gasteiger partial charge in [0.1, 0.15) is 12.4 Å². The zero-order valence-corrected chi connectivity index (χ0v) is 14.2. The van der Waals surface area contributed by atoms with Gasteiger partial charge in [0, 0.05) is 19.0 Å². The summed E-state index contributed by atoms with van der Waals surface area (Å²) < 4.78 is 2.05. The summed E-state index contributed by atoms with van der Waals surface area (Å²) in [6, 6.07) is 8.02. The zero-order valence-electron chi connectivity index (χ0n) is 14.2. The predicted molar refractivity (Wildman–Crippen MR) is 92.4 cm³/mol. The Kier molecular flexibility index (Phi) is 4.66. The minimum Gasteiger partial charge on any atom is -0.354 e. The number of para-hydroxylation sites is 2. The Morgan fingerprint density at radius 1 is 1.39 bits per heavy atom. The number of benzene rings is 1. The molecular formula is C18H26N4O. The number of nitrogens with one attached hydrogen (secondary N) is 1. The van der Waals surface area contributed by atoms with E-state index in [4.69, 9.17) is 0 Å². The van der Waals surface area contributed by atoms with Crippen molar-refractivity contribution in [2.75, 3.05) is 26.7 Å². The molecule has 1 fully saturated rings. The highest BCUT2D eigenvalue weighted by atomic mass is 16.1. The summed E-state index contributed by atoms with van der Waals surface area (Å²) in [5, 5.41) is 3.10. The van der Waals surface area contributed by atoms with E-state index in [1.165, 1.54) is 6.42 Å². The van der Waals surface area contributed by atoms with Gasteiger partial charge in [-0.05, 0) is 38.1 Å². The average Bonchev–Trinajstić information content (AvgIpc) is 3.10. The molecule has 2 heterocycles. The molecule has 1 aliphatic heterocycles. The van der Waals surface area contributed by atoms with Gasteiger partial charge in [-0.2, -0.15) is 0 Å². The van der Waals surface area contributed by atoms with Crippen molar-refractivity contribution in [3.05, 3.63) is 30.1 Å². The maximum atomic E-state index is 12.4. The number of hydrogen-bond donors (Lipinski definition) is 1. The Labute approximate surface area is 137 Å². The van der Waals surface area contributed by atoms with E-state index in [1.54, 1.807) is 0 Å². The fourth-order valence-corrected chi connectivity index (χ4v) is 3.35. The minimum absolute atomic E-state index is 0.0737. The molecule has 5 nitrogen and oxygen atoms in total. The molecule has 0 aliphatic carbocycles. The summed E-state index contributed by atoms with van der Waals surface area (Å²) in [5.74, 6) is 1.92. The molecule has 1 atom stereocenters. The number of carbonyl (C=O) groups is 1. The van der Waals surface area contributed by atoms with Crippen LogP contribution in [0.15, 0.2) is 24.3 Å². The van der Waals surface area contributed by atoms with Crippen LogP contribution in [0.2, 0.25) is 0 Å². The first kappa shape index (κ1) is 16.0. The lowest BCUT2D eigenvalue weighted by Gasteiger charge is -2.14. The second-order valence-electron chi connectivity index (χ2n) is 6.92. The van der Waals surface area contributed by atoms with E-state index in [1.807, 2.05) is 24.3 Å². The van der Waals surface area contributed by atoms with Crippen LogP contribution in [0, 0.1) is 5.92 Å². The molecule has 0 radical (unpaired) electrons. The van der Waals surface area contributed by atoms with Gasteiger partial charge in [-0.15, -0.1) is 0 Å². The van der Waals surface area contributed by atoms with Crippen LogP contribution in [0.25, 0.3) is 11.0 Å². The molecular weight excluding hydrogens is 288 g/mol. The molecule has 1 N–H and O–H groups in total. The molecule has 2 aromatic rings. The summed E-state index contributed by atoms with van der Waals surface area (Å²) >= 11 is 0. The third-order valence-corrected chi connectivity index (χ3v) is 4.58. The topological polar surface area (TPSA) is 50.2 Å². The van der Waals surface area contributed by atoms with Gasteiger partial charge in [0.2, 0.25) is 5.91 Å². The third-order valence-electron chi connectivity index (χ3n) is 4.58. The number of aromatic nitrogens is 2. The molecule has 0 spiro atoms. The van der Waals surface area contributed by atoms with Crippen LogP contribution in [-0.2, 0) is 11.3 Å². The van der Waals surface area contributed by atoms with E-state index < -0.39 is 0 Å². The summed E-state index contributed by atoms with van der Waals surface area (Å²) in [7, 11) is 2.13. The normalized spacial score (nSPS) is 18.9. The smallest absolute Gasteiger partial charge is 0.240 e. The van der Waals surface area contributed by atoms with Gasteiger partial charge >= 0.3 is 0 Å². The first-order valence-corrected chi connectivity index (χ1v) is 8.45. The summed E-state index contributed by atoms with van der Waals surface area (Å²) in [5.41, 5.74) is 1.99. The van der Waals surface area contributed by atoms with Crippen LogP contribution in [0.1, 0.15) is 32.0 Å². The quantitative estimate of drug-likeness (QED) is 0.921. The first-order chi connectivity index (χ1) is 11.0. The maximum Gasteiger partial charge on any atom is 0.240 e. The van der Waals surface area contributed by atoms with Crippen molar-refractivity contribution in [3.8, 4) is 0 Å². The van der Waals surface area contributed by atoms with Crippen molar-refractivity contribution in [1.82, 2.24) is 19.8 Å². The van der Waals surface area contributed by atoms with Crippen LogP contribution < -0.4 is 5.32 Å². The van der Waals surface area contributed by atoms with Crippen molar-refractivity contribution >= 4 is 16.9 Å². The Bertz CT molecular complexity index is 691. The minimum atomic E-state index is 0.0737. The van der Waals surface area contributed by atoms with Crippen molar-refractivity contribution in [2.45, 2.75) is 32.7 Å². The van der Waals surface area contributed by atoms with E-state index in [9.17, 15) is 4.79 Å². The van der Waals surface area contributed by atoms with Gasteiger partial charge in [-0.25, -0.2) is 4.98 Å². The molecule has 1 unspecified atom stereocenters. The second kappa shape index (κ2) is 6.71. The van der Waals surface area contributed by atoms with E-state index in [2.05, 4.69) is 40.7 Å². The van der Waals surface area contributed by atoms with Crippen molar-refractivity contribution in [3.63, 3.8) is 0 Å². The molecule has 1 amide bonds. The molecule has 1 aromatic heterocycles. The van der Waals surface area contributed by atoms with Gasteiger partial charge in [-0.1, -0.05) is 26.0 Å². The van der Waals surface area contributed by atoms with Crippen LogP contribution in [0.4, 0.5) is 0 Å². The Balaban J connectivity index is 1.70. The van der Waals surface area contributed by atoms with Crippen LogP contribution in [0.5, 0.6) is 0 Å². The average molecular weight is 314 g/mol. The predicted octanol–water partition coefficient (Wildman–Crippen LogP) is 2.23. The van der Waals surface area contributed by atoms with Crippen molar-refractivity contribution in [1.29, 1.82) is 0 Å². The standard InChI is InChI=1S/C18H26N4O/c1-13(2)18-20-15-6-4-5-7-16(15)22(18)12-17(23)19-10-14-8-9-21(3)11-14/h4-7,13-14H,8-12H2,1-3H3,(H,19,23). The Morgan fingerprint density at radius 3 is 2.87 bits per heavy atom. The van der Waals surface area contributed by atoms with Gasteiger partial charge in [0.05, 0.1) is 11.0 Å². The molecule has 1 aliphatic rings. The number of rotatable bonds is 5. The Hall–Kier alpha value is -1.88. The fraction of sp³-hybridized carbons (Fsp3) is 0.556. The zero-order chi connectivity index (χ0) is 16.4. The highest BCUT2D eigenvalue weighted by Crippen LogP contribution is 2.21. The van der Waals surface area contributed by atoms with E-state index in [-0.39, 0.29) is 5.91 Å². The summed E-state index contributed by atoms with van der Waals surface area (Å²) in [6.45, 7) is 7.55. The number of hydrogen-bond acceptors (Lipinski definition) is 3. The monoisotopic (exact) mass is 314 g/mol. The first-order valence-electron chi connectivity index (χ1n) is 8.45. The molecule has 5 heteroatoms. The van der Waals surface area contributed by atoms with Crippen LogP contribution in [-0.4, -0.2) is 47.0 Å². The lowest BCUT2D eigenvalue weighted by molar-refractivity contribution is -0.121. The number of likely N-dealkylation sites (tertiary alicyclic amines) is 1. The molecule has 1 saturated heterocycles. The van der Waals surface area contributed by atoms with E-state index >= 15 is 0 Å². The lowest BCUT2D eigenvalue weighted by Crippen LogP contribution is -2.33. The largest absolute Gasteiger partial charge is 0.354 e. The summed E-state index contributed by atoms with van der Waals surface area (Å²) in [4.78, 5) is 19.4. The Morgan fingerprint density at radius 2 is 2.17 bits per heavy atom. The van der Waals surface area contributed by atoms with Gasteiger partial charge in [-0.3, -0.25) is 4.79 Å². The highest BCUT2D eigenvalue weighted by molar-refractivity contribution is 5.81. The van der Waals surface area contributed by atoms with Crippen LogP contribution in [0.3, 0.4) is 0 Å².